The minimum Gasteiger partial charge on any atom is -0.348 e. The van der Waals surface area contributed by atoms with E-state index in [2.05, 4.69) is 30.9 Å². The molecule has 0 aliphatic rings. The van der Waals surface area contributed by atoms with Crippen LogP contribution in [0.2, 0.25) is 0 Å². The quantitative estimate of drug-likeness (QED) is 0.870. The molecule has 0 atom stereocenters. The summed E-state index contributed by atoms with van der Waals surface area (Å²) in [4.78, 5) is 11.1. The van der Waals surface area contributed by atoms with Crippen molar-refractivity contribution < 1.29 is 0 Å². The fraction of sp³-hybridized carbons (Fsp3) is 0.111. The van der Waals surface area contributed by atoms with Gasteiger partial charge in [0.05, 0.1) is 6.33 Å². The van der Waals surface area contributed by atoms with E-state index < -0.39 is 0 Å². The van der Waals surface area contributed by atoms with Crippen molar-refractivity contribution in [2.75, 3.05) is 0 Å². The standard InChI is InChI=1S/C9H8BrN3/c10-8-1-7(3-11-4-8)2-9-5-12-6-13-9/h1,3-6H,2H2,(H,12,13). The smallest absolute Gasteiger partial charge is 0.0921 e. The van der Waals surface area contributed by atoms with Crippen molar-refractivity contribution in [1.82, 2.24) is 15.0 Å². The second-order valence-electron chi connectivity index (χ2n) is 2.77. The van der Waals surface area contributed by atoms with Crippen molar-refractivity contribution in [2.24, 2.45) is 0 Å². The minimum atomic E-state index is 0.840. The molecule has 0 saturated carbocycles. The third-order valence-corrected chi connectivity index (χ3v) is 2.14. The first-order valence-electron chi connectivity index (χ1n) is 3.91. The van der Waals surface area contributed by atoms with Crippen LogP contribution in [0, 0.1) is 0 Å². The lowest BCUT2D eigenvalue weighted by Gasteiger charge is -1.97. The van der Waals surface area contributed by atoms with Gasteiger partial charge in [-0.1, -0.05) is 0 Å². The van der Waals surface area contributed by atoms with Crippen LogP contribution >= 0.6 is 15.9 Å². The zero-order chi connectivity index (χ0) is 9.10. The number of pyridine rings is 1. The zero-order valence-electron chi connectivity index (χ0n) is 6.87. The van der Waals surface area contributed by atoms with Gasteiger partial charge < -0.3 is 4.98 Å². The van der Waals surface area contributed by atoms with Gasteiger partial charge in [-0.2, -0.15) is 0 Å². The Kier molecular flexibility index (Phi) is 2.40. The van der Waals surface area contributed by atoms with Crippen molar-refractivity contribution in [3.05, 3.63) is 46.7 Å². The third kappa shape index (κ3) is 2.15. The number of aromatic amines is 1. The highest BCUT2D eigenvalue weighted by atomic mass is 79.9. The number of nitrogens with one attached hydrogen (secondary N) is 1. The van der Waals surface area contributed by atoms with E-state index in [1.165, 1.54) is 5.56 Å². The largest absolute Gasteiger partial charge is 0.348 e. The van der Waals surface area contributed by atoms with Gasteiger partial charge in [0.1, 0.15) is 0 Å². The lowest BCUT2D eigenvalue weighted by molar-refractivity contribution is 1.08. The molecule has 2 heterocycles. The van der Waals surface area contributed by atoms with Crippen molar-refractivity contribution in [2.45, 2.75) is 6.42 Å². The number of hydrogen-bond donors (Lipinski definition) is 1. The summed E-state index contributed by atoms with van der Waals surface area (Å²) in [6.07, 6.45) is 7.97. The van der Waals surface area contributed by atoms with Crippen LogP contribution in [0.4, 0.5) is 0 Å². The van der Waals surface area contributed by atoms with Gasteiger partial charge in [0.15, 0.2) is 0 Å². The fourth-order valence-corrected chi connectivity index (χ4v) is 1.57. The highest BCUT2D eigenvalue weighted by Gasteiger charge is 1.97. The lowest BCUT2D eigenvalue weighted by Crippen LogP contribution is -1.88. The predicted molar refractivity (Wildman–Crippen MR) is 53.3 cm³/mol. The number of nitrogens with zero attached hydrogens (tertiary/aromatic N) is 2. The van der Waals surface area contributed by atoms with Gasteiger partial charge in [-0.3, -0.25) is 4.98 Å². The Hall–Kier alpha value is -1.16. The van der Waals surface area contributed by atoms with Gasteiger partial charge in [0.25, 0.3) is 0 Å². The maximum absolute atomic E-state index is 4.08. The van der Waals surface area contributed by atoms with Gasteiger partial charge >= 0.3 is 0 Å². The first kappa shape index (κ1) is 8.44. The minimum absolute atomic E-state index is 0.840. The summed E-state index contributed by atoms with van der Waals surface area (Å²) in [7, 11) is 0. The molecule has 0 aliphatic carbocycles. The SMILES string of the molecule is Brc1cncc(Cc2cnc[nH]2)c1. The summed E-state index contributed by atoms with van der Waals surface area (Å²) in [5.41, 5.74) is 2.26. The Balaban J connectivity index is 2.19. The molecule has 0 bridgehead atoms. The molecular weight excluding hydrogens is 230 g/mol. The molecule has 2 rings (SSSR count). The van der Waals surface area contributed by atoms with Crippen LogP contribution in [0.25, 0.3) is 0 Å². The van der Waals surface area contributed by atoms with Crippen molar-refractivity contribution in [1.29, 1.82) is 0 Å². The van der Waals surface area contributed by atoms with Crippen LogP contribution in [0.3, 0.4) is 0 Å². The highest BCUT2D eigenvalue weighted by Crippen LogP contribution is 2.11. The summed E-state index contributed by atoms with van der Waals surface area (Å²) >= 11 is 3.38. The van der Waals surface area contributed by atoms with E-state index in [1.54, 1.807) is 12.5 Å². The first-order valence-corrected chi connectivity index (χ1v) is 4.70. The molecule has 0 aliphatic heterocycles. The summed E-state index contributed by atoms with van der Waals surface area (Å²) in [5.74, 6) is 0. The van der Waals surface area contributed by atoms with Crippen LogP contribution in [0.1, 0.15) is 11.3 Å². The van der Waals surface area contributed by atoms with Gasteiger partial charge in [0, 0.05) is 35.2 Å². The monoisotopic (exact) mass is 237 g/mol. The molecule has 3 nitrogen and oxygen atoms in total. The lowest BCUT2D eigenvalue weighted by atomic mass is 10.2. The average molecular weight is 238 g/mol. The second kappa shape index (κ2) is 3.70. The Morgan fingerprint density at radius 2 is 2.15 bits per heavy atom. The molecule has 0 unspecified atom stereocenters. The molecular formula is C9H8BrN3. The molecule has 0 aromatic carbocycles. The maximum atomic E-state index is 4.08. The molecule has 0 fully saturated rings. The molecule has 2 aromatic rings. The van der Waals surface area contributed by atoms with Gasteiger partial charge in [0.2, 0.25) is 0 Å². The Morgan fingerprint density at radius 1 is 1.23 bits per heavy atom. The number of imidazole rings is 1. The predicted octanol–water partition coefficient (Wildman–Crippen LogP) is 2.16. The molecule has 0 spiro atoms. The molecule has 1 N–H and O–H groups in total. The van der Waals surface area contributed by atoms with Crippen LogP contribution < -0.4 is 0 Å². The number of aromatic nitrogens is 3. The van der Waals surface area contributed by atoms with Crippen molar-refractivity contribution in [3.8, 4) is 0 Å². The van der Waals surface area contributed by atoms with E-state index in [1.807, 2.05) is 18.5 Å². The van der Waals surface area contributed by atoms with Gasteiger partial charge in [-0.05, 0) is 27.6 Å². The van der Waals surface area contributed by atoms with E-state index in [4.69, 9.17) is 0 Å². The van der Waals surface area contributed by atoms with Crippen LogP contribution in [0.5, 0.6) is 0 Å². The van der Waals surface area contributed by atoms with E-state index in [9.17, 15) is 0 Å². The van der Waals surface area contributed by atoms with Gasteiger partial charge in [-0.15, -0.1) is 0 Å². The molecule has 4 heteroatoms. The van der Waals surface area contributed by atoms with Gasteiger partial charge in [-0.25, -0.2) is 4.98 Å². The van der Waals surface area contributed by atoms with E-state index in [-0.39, 0.29) is 0 Å². The molecule has 2 aromatic heterocycles. The topological polar surface area (TPSA) is 41.6 Å². The number of H-pyrrole nitrogens is 1. The first-order chi connectivity index (χ1) is 6.34. The Labute approximate surface area is 84.4 Å². The second-order valence-corrected chi connectivity index (χ2v) is 3.68. The summed E-state index contributed by atoms with van der Waals surface area (Å²) < 4.78 is 1.00. The van der Waals surface area contributed by atoms with Crippen LogP contribution in [-0.2, 0) is 6.42 Å². The van der Waals surface area contributed by atoms with E-state index in [0.29, 0.717) is 0 Å². The molecule has 0 saturated heterocycles. The normalized spacial score (nSPS) is 10.2. The van der Waals surface area contributed by atoms with Crippen molar-refractivity contribution >= 4 is 15.9 Å². The molecule has 66 valence electrons. The third-order valence-electron chi connectivity index (χ3n) is 1.71. The zero-order valence-corrected chi connectivity index (χ0v) is 8.45. The summed E-state index contributed by atoms with van der Waals surface area (Å²) in [6.45, 7) is 0. The molecule has 13 heavy (non-hydrogen) atoms. The fourth-order valence-electron chi connectivity index (χ4n) is 1.15. The summed E-state index contributed by atoms with van der Waals surface area (Å²) in [5, 5.41) is 0. The van der Waals surface area contributed by atoms with Crippen molar-refractivity contribution in [3.63, 3.8) is 0 Å². The number of halogens is 1. The number of rotatable bonds is 2. The molecule has 0 radical (unpaired) electrons. The Morgan fingerprint density at radius 3 is 2.85 bits per heavy atom. The summed E-state index contributed by atoms with van der Waals surface area (Å²) in [6, 6.07) is 2.05. The highest BCUT2D eigenvalue weighted by molar-refractivity contribution is 9.10. The number of hydrogen-bond acceptors (Lipinski definition) is 2. The van der Waals surface area contributed by atoms with Crippen LogP contribution in [-0.4, -0.2) is 15.0 Å². The maximum Gasteiger partial charge on any atom is 0.0921 e. The molecule has 0 amide bonds. The average Bonchev–Trinajstić information content (AvgIpc) is 2.57. The van der Waals surface area contributed by atoms with E-state index in [0.717, 1.165) is 16.6 Å². The van der Waals surface area contributed by atoms with Crippen LogP contribution in [0.15, 0.2) is 35.5 Å². The Bertz CT molecular complexity index is 384. The van der Waals surface area contributed by atoms with E-state index >= 15 is 0 Å².